The zero-order valence-electron chi connectivity index (χ0n) is 13.1. The number of ether oxygens (including phenoxy) is 3. The Kier molecular flexibility index (Phi) is 4.67. The van der Waals surface area contributed by atoms with Gasteiger partial charge in [-0.3, -0.25) is 10.2 Å². The van der Waals surface area contributed by atoms with Crippen LogP contribution >= 0.6 is 11.6 Å². The normalized spacial score (nSPS) is 22.4. The number of benzene rings is 1. The highest BCUT2D eigenvalue weighted by molar-refractivity contribution is 6.34. The molecule has 1 fully saturated rings. The average Bonchev–Trinajstić information content (AvgIpc) is 2.63. The molecule has 122 valence electrons. The summed E-state index contributed by atoms with van der Waals surface area (Å²) in [6.07, 6.45) is -0.215. The van der Waals surface area contributed by atoms with Gasteiger partial charge in [-0.2, -0.15) is 0 Å². The van der Waals surface area contributed by atoms with Crippen LogP contribution in [-0.4, -0.2) is 30.0 Å². The third-order valence-electron chi connectivity index (χ3n) is 3.43. The second-order valence-electron chi connectivity index (χ2n) is 6.14. The van der Waals surface area contributed by atoms with Gasteiger partial charge in [0.2, 0.25) is 0 Å². The Morgan fingerprint density at radius 2 is 2.09 bits per heavy atom. The summed E-state index contributed by atoms with van der Waals surface area (Å²) in [5.41, 5.74) is 1.88. The van der Waals surface area contributed by atoms with Crippen LogP contribution in [0.15, 0.2) is 18.2 Å². The molecule has 0 aromatic heterocycles. The van der Waals surface area contributed by atoms with Gasteiger partial charge in [0.05, 0.1) is 16.2 Å². The van der Waals surface area contributed by atoms with Crippen molar-refractivity contribution in [2.45, 2.75) is 45.2 Å². The lowest BCUT2D eigenvalue weighted by Gasteiger charge is -2.24. The molecular weight excluding hydrogens is 308 g/mol. The first-order valence-electron chi connectivity index (χ1n) is 6.96. The third-order valence-corrected chi connectivity index (χ3v) is 3.74. The number of nitrogen functional groups attached to an aromatic ring is 1. The van der Waals surface area contributed by atoms with Gasteiger partial charge in [-0.25, -0.2) is 5.84 Å². The van der Waals surface area contributed by atoms with E-state index in [-0.39, 0.29) is 11.1 Å². The molecule has 6 nitrogen and oxygen atoms in total. The van der Waals surface area contributed by atoms with Crippen molar-refractivity contribution < 1.29 is 19.0 Å². The number of hydrogen-bond donors (Lipinski definition) is 2. The predicted molar refractivity (Wildman–Crippen MR) is 82.7 cm³/mol. The molecule has 2 rings (SSSR count). The Morgan fingerprint density at radius 1 is 1.41 bits per heavy atom. The van der Waals surface area contributed by atoms with E-state index in [1.165, 1.54) is 0 Å². The fourth-order valence-electron chi connectivity index (χ4n) is 2.46. The van der Waals surface area contributed by atoms with Crippen molar-refractivity contribution in [2.75, 3.05) is 6.61 Å². The highest BCUT2D eigenvalue weighted by atomic mass is 35.5. The summed E-state index contributed by atoms with van der Waals surface area (Å²) in [5, 5.41) is 0.267. The van der Waals surface area contributed by atoms with Gasteiger partial charge in [0.25, 0.3) is 5.91 Å². The van der Waals surface area contributed by atoms with E-state index < -0.39 is 17.3 Å². The lowest BCUT2D eigenvalue weighted by molar-refractivity contribution is -0.158. The maximum Gasteiger partial charge on any atom is 0.266 e. The van der Waals surface area contributed by atoms with Crippen molar-refractivity contribution >= 4 is 17.5 Å². The molecule has 1 aromatic rings. The molecule has 3 N–H and O–H groups in total. The van der Waals surface area contributed by atoms with E-state index in [0.29, 0.717) is 17.9 Å². The first-order valence-corrected chi connectivity index (χ1v) is 7.34. The maximum atomic E-state index is 11.5. The maximum absolute atomic E-state index is 11.5. The number of rotatable bonds is 4. The van der Waals surface area contributed by atoms with Gasteiger partial charge in [-0.1, -0.05) is 11.6 Å². The third kappa shape index (κ3) is 3.70. The fourth-order valence-corrected chi connectivity index (χ4v) is 2.72. The molecule has 7 heteroatoms. The molecule has 1 heterocycles. The Bertz CT molecular complexity index is 575. The van der Waals surface area contributed by atoms with E-state index >= 15 is 0 Å². The van der Waals surface area contributed by atoms with E-state index in [0.717, 1.165) is 0 Å². The van der Waals surface area contributed by atoms with Crippen molar-refractivity contribution in [3.63, 3.8) is 0 Å². The van der Waals surface area contributed by atoms with E-state index in [4.69, 9.17) is 31.7 Å². The smallest absolute Gasteiger partial charge is 0.266 e. The summed E-state index contributed by atoms with van der Waals surface area (Å²) >= 11 is 6.05. The molecule has 1 aliphatic rings. The number of carbonyl (C=O) groups is 1. The molecule has 22 heavy (non-hydrogen) atoms. The minimum absolute atomic E-state index is 0.215. The molecule has 1 saturated heterocycles. The molecule has 0 saturated carbocycles. The van der Waals surface area contributed by atoms with E-state index in [1.807, 2.05) is 33.1 Å². The van der Waals surface area contributed by atoms with Crippen LogP contribution in [0.25, 0.3) is 0 Å². The minimum atomic E-state index is -0.641. The summed E-state index contributed by atoms with van der Waals surface area (Å²) < 4.78 is 17.4. The quantitative estimate of drug-likeness (QED) is 0.503. The zero-order chi connectivity index (χ0) is 16.5. The standard InChI is InChI=1S/C15H21ClN2O4/c1-14(2)12(21-15(3,4)22-14)8-20-9-5-6-10(11(16)7-9)13(19)18-17/h5-7,12H,8,17H2,1-4H3,(H,18,19)/t12-/m0/s1. The Balaban J connectivity index is 2.03. The number of hydrogen-bond acceptors (Lipinski definition) is 5. The van der Waals surface area contributed by atoms with Crippen molar-refractivity contribution in [1.29, 1.82) is 0 Å². The van der Waals surface area contributed by atoms with Crippen molar-refractivity contribution in [1.82, 2.24) is 5.43 Å². The van der Waals surface area contributed by atoms with Gasteiger partial charge >= 0.3 is 0 Å². The van der Waals surface area contributed by atoms with Crippen LogP contribution in [0.2, 0.25) is 5.02 Å². The minimum Gasteiger partial charge on any atom is -0.491 e. The van der Waals surface area contributed by atoms with Gasteiger partial charge in [-0.05, 0) is 45.9 Å². The van der Waals surface area contributed by atoms with Crippen molar-refractivity contribution in [3.05, 3.63) is 28.8 Å². The van der Waals surface area contributed by atoms with Gasteiger partial charge in [0.1, 0.15) is 18.5 Å². The average molecular weight is 329 g/mol. The summed E-state index contributed by atoms with van der Waals surface area (Å²) in [4.78, 5) is 11.5. The summed E-state index contributed by atoms with van der Waals surface area (Å²) in [7, 11) is 0. The summed E-state index contributed by atoms with van der Waals surface area (Å²) in [6.45, 7) is 7.96. The molecule has 0 aliphatic carbocycles. The second kappa shape index (κ2) is 6.04. The first-order chi connectivity index (χ1) is 10.1. The number of hydrazine groups is 1. The van der Waals surface area contributed by atoms with Gasteiger partial charge in [0, 0.05) is 0 Å². The number of nitrogens with one attached hydrogen (secondary N) is 1. The van der Waals surface area contributed by atoms with Crippen LogP contribution in [0.1, 0.15) is 38.1 Å². The monoisotopic (exact) mass is 328 g/mol. The Labute approximate surface area is 134 Å². The number of halogens is 1. The lowest BCUT2D eigenvalue weighted by atomic mass is 10.0. The van der Waals surface area contributed by atoms with Crippen molar-refractivity contribution in [3.8, 4) is 5.75 Å². The predicted octanol–water partition coefficient (Wildman–Crippen LogP) is 2.25. The molecule has 0 unspecified atom stereocenters. The lowest BCUT2D eigenvalue weighted by Crippen LogP contribution is -2.37. The Hall–Kier alpha value is -1.34. The number of carbonyl (C=O) groups excluding carboxylic acids is 1. The van der Waals surface area contributed by atoms with E-state index in [1.54, 1.807) is 18.2 Å². The molecule has 1 atom stereocenters. The van der Waals surface area contributed by atoms with Crippen LogP contribution in [0.5, 0.6) is 5.75 Å². The van der Waals surface area contributed by atoms with Gasteiger partial charge < -0.3 is 14.2 Å². The zero-order valence-corrected chi connectivity index (χ0v) is 13.9. The SMILES string of the molecule is CC1(C)O[C@@H](COc2ccc(C(=O)NN)c(Cl)c2)C(C)(C)O1. The van der Waals surface area contributed by atoms with E-state index in [2.05, 4.69) is 0 Å². The molecule has 0 spiro atoms. The van der Waals surface area contributed by atoms with Crippen molar-refractivity contribution in [2.24, 2.45) is 5.84 Å². The van der Waals surface area contributed by atoms with E-state index in [9.17, 15) is 4.79 Å². The highest BCUT2D eigenvalue weighted by Gasteiger charge is 2.47. The van der Waals surface area contributed by atoms with Crippen LogP contribution < -0.4 is 16.0 Å². The molecule has 1 aromatic carbocycles. The van der Waals surface area contributed by atoms with Crippen LogP contribution in [0, 0.1) is 0 Å². The molecule has 1 amide bonds. The van der Waals surface area contributed by atoms with Crippen LogP contribution in [0.3, 0.4) is 0 Å². The summed E-state index contributed by atoms with van der Waals surface area (Å²) in [6, 6.07) is 4.78. The molecule has 0 bridgehead atoms. The Morgan fingerprint density at radius 3 is 2.59 bits per heavy atom. The molecular formula is C15H21ClN2O4. The largest absolute Gasteiger partial charge is 0.491 e. The molecule has 1 aliphatic heterocycles. The summed E-state index contributed by atoms with van der Waals surface area (Å²) in [5.74, 6) is 4.54. The van der Waals surface area contributed by atoms with Gasteiger partial charge in [0.15, 0.2) is 5.79 Å². The van der Waals surface area contributed by atoms with Gasteiger partial charge in [-0.15, -0.1) is 0 Å². The first kappa shape index (κ1) is 17.0. The number of nitrogens with two attached hydrogens (primary N) is 1. The molecule has 0 radical (unpaired) electrons. The number of amides is 1. The van der Waals surface area contributed by atoms with Crippen LogP contribution in [-0.2, 0) is 9.47 Å². The second-order valence-corrected chi connectivity index (χ2v) is 6.55. The highest BCUT2D eigenvalue weighted by Crippen LogP contribution is 2.36. The fraction of sp³-hybridized carbons (Fsp3) is 0.533. The van der Waals surface area contributed by atoms with Crippen LogP contribution in [0.4, 0.5) is 0 Å². The topological polar surface area (TPSA) is 82.8 Å².